The van der Waals surface area contributed by atoms with Crippen LogP contribution in [0.3, 0.4) is 0 Å². The van der Waals surface area contributed by atoms with Gasteiger partial charge < -0.3 is 15.5 Å². The molecule has 4 rings (SSSR count). The number of carbonyl (C=O) groups excluding carboxylic acids is 4. The van der Waals surface area contributed by atoms with Gasteiger partial charge in [-0.25, -0.2) is 0 Å². The predicted molar refractivity (Wildman–Crippen MR) is 120 cm³/mol. The Labute approximate surface area is 185 Å². The largest absolute Gasteiger partial charge is 0.349 e. The molecular formula is C24H24N4O4. The molecule has 2 aromatic rings. The molecule has 1 fully saturated rings. The van der Waals surface area contributed by atoms with Gasteiger partial charge in [0.15, 0.2) is 0 Å². The van der Waals surface area contributed by atoms with Gasteiger partial charge in [-0.3, -0.25) is 24.1 Å². The molecule has 2 aliphatic rings. The second-order valence-corrected chi connectivity index (χ2v) is 7.95. The Morgan fingerprint density at radius 3 is 2.62 bits per heavy atom. The molecule has 1 unspecified atom stereocenters. The van der Waals surface area contributed by atoms with E-state index in [4.69, 9.17) is 0 Å². The summed E-state index contributed by atoms with van der Waals surface area (Å²) in [6.45, 7) is 5.42. The Morgan fingerprint density at radius 1 is 1.12 bits per heavy atom. The van der Waals surface area contributed by atoms with Crippen LogP contribution in [0.1, 0.15) is 40.5 Å². The quantitative estimate of drug-likeness (QED) is 0.686. The van der Waals surface area contributed by atoms with E-state index in [2.05, 4.69) is 17.2 Å². The second kappa shape index (κ2) is 8.30. The summed E-state index contributed by atoms with van der Waals surface area (Å²) in [6.07, 6.45) is 2.29. The lowest BCUT2D eigenvalue weighted by Crippen LogP contribution is -2.63. The number of para-hydroxylation sites is 2. The molecule has 0 spiro atoms. The number of nitrogens with one attached hydrogen (secondary N) is 2. The third-order valence-corrected chi connectivity index (χ3v) is 5.90. The molecule has 0 saturated carbocycles. The maximum atomic E-state index is 13.3. The molecule has 0 aliphatic carbocycles. The second-order valence-electron chi connectivity index (χ2n) is 7.95. The number of hydrogen-bond acceptors (Lipinski definition) is 4. The molecule has 1 saturated heterocycles. The number of amides is 4. The van der Waals surface area contributed by atoms with Gasteiger partial charge in [0, 0.05) is 13.0 Å². The van der Waals surface area contributed by atoms with Crippen molar-refractivity contribution in [1.82, 2.24) is 10.2 Å². The predicted octanol–water partition coefficient (Wildman–Crippen LogP) is 2.54. The van der Waals surface area contributed by atoms with Crippen LogP contribution in [0.25, 0.3) is 0 Å². The molecule has 164 valence electrons. The number of carbonyl (C=O) groups is 4. The third-order valence-electron chi connectivity index (χ3n) is 5.90. The zero-order chi connectivity index (χ0) is 22.9. The monoisotopic (exact) mass is 432 g/mol. The van der Waals surface area contributed by atoms with Crippen molar-refractivity contribution >= 4 is 35.0 Å². The van der Waals surface area contributed by atoms with Crippen LogP contribution in [0.5, 0.6) is 0 Å². The van der Waals surface area contributed by atoms with Gasteiger partial charge in [0.2, 0.25) is 11.8 Å². The van der Waals surface area contributed by atoms with Crippen LogP contribution in [0.4, 0.5) is 11.4 Å². The average Bonchev–Trinajstić information content (AvgIpc) is 3.10. The van der Waals surface area contributed by atoms with E-state index in [-0.39, 0.29) is 24.3 Å². The molecule has 2 heterocycles. The van der Waals surface area contributed by atoms with Crippen molar-refractivity contribution in [3.8, 4) is 0 Å². The van der Waals surface area contributed by atoms with Crippen LogP contribution in [0, 0.1) is 0 Å². The van der Waals surface area contributed by atoms with E-state index < -0.39 is 11.6 Å². The number of rotatable bonds is 6. The summed E-state index contributed by atoms with van der Waals surface area (Å²) < 4.78 is 0. The molecule has 8 nitrogen and oxygen atoms in total. The smallest absolute Gasteiger partial charge is 0.258 e. The minimum Gasteiger partial charge on any atom is -0.349 e. The fourth-order valence-corrected chi connectivity index (χ4v) is 4.32. The lowest BCUT2D eigenvalue weighted by atomic mass is 9.98. The molecule has 2 N–H and O–H groups in total. The van der Waals surface area contributed by atoms with Crippen LogP contribution in [-0.4, -0.2) is 47.3 Å². The number of nitrogens with zero attached hydrogens (tertiary/aromatic N) is 2. The average molecular weight is 432 g/mol. The van der Waals surface area contributed by atoms with Gasteiger partial charge in [0.25, 0.3) is 11.8 Å². The minimum atomic E-state index is -0.930. The highest BCUT2D eigenvalue weighted by Gasteiger charge is 2.53. The fraction of sp³-hybridized carbons (Fsp3) is 0.250. The summed E-state index contributed by atoms with van der Waals surface area (Å²) in [6, 6.07) is 13.6. The number of fused-ring (bicyclic) bond motifs is 3. The number of hydrogen-bond donors (Lipinski definition) is 2. The Bertz CT molecular complexity index is 1130. The first-order valence-electron chi connectivity index (χ1n) is 10.4. The Hall–Kier alpha value is -3.94. The van der Waals surface area contributed by atoms with E-state index in [9.17, 15) is 19.2 Å². The lowest BCUT2D eigenvalue weighted by Gasteiger charge is -2.48. The standard InChI is InChI=1S/C24H24N4O4/c1-3-14-25-22(31)16-8-4-6-10-18(16)26-20(29)15-27-23(32)17-9-5-7-11-19(17)28-21(30)12-13-24(27,28)2/h3-11H,1,12-15H2,2H3,(H,25,31)(H,26,29). The van der Waals surface area contributed by atoms with Crippen LogP contribution < -0.4 is 15.5 Å². The van der Waals surface area contributed by atoms with Crippen LogP contribution in [-0.2, 0) is 9.59 Å². The molecule has 4 amide bonds. The lowest BCUT2D eigenvalue weighted by molar-refractivity contribution is -0.120. The summed E-state index contributed by atoms with van der Waals surface area (Å²) in [5, 5.41) is 5.43. The van der Waals surface area contributed by atoms with E-state index in [1.165, 1.54) is 4.90 Å². The summed E-state index contributed by atoms with van der Waals surface area (Å²) in [4.78, 5) is 54.4. The zero-order valence-electron chi connectivity index (χ0n) is 17.8. The molecule has 2 aliphatic heterocycles. The van der Waals surface area contributed by atoms with Crippen molar-refractivity contribution in [2.75, 3.05) is 23.3 Å². The molecule has 2 aromatic carbocycles. The first-order valence-corrected chi connectivity index (χ1v) is 10.4. The van der Waals surface area contributed by atoms with Gasteiger partial charge in [0.05, 0.1) is 22.5 Å². The normalized spacial score (nSPS) is 19.3. The molecule has 0 aromatic heterocycles. The van der Waals surface area contributed by atoms with Crippen molar-refractivity contribution in [2.24, 2.45) is 0 Å². The van der Waals surface area contributed by atoms with Crippen LogP contribution in [0.2, 0.25) is 0 Å². The summed E-state index contributed by atoms with van der Waals surface area (Å²) in [7, 11) is 0. The van der Waals surface area contributed by atoms with E-state index >= 15 is 0 Å². The summed E-state index contributed by atoms with van der Waals surface area (Å²) in [5.41, 5.74) is 0.678. The van der Waals surface area contributed by atoms with E-state index in [1.807, 2.05) is 0 Å². The SMILES string of the molecule is C=CCNC(=O)c1ccccc1NC(=O)CN1C(=O)c2ccccc2N2C(=O)CCC12C. The zero-order valence-corrected chi connectivity index (χ0v) is 17.8. The van der Waals surface area contributed by atoms with Gasteiger partial charge >= 0.3 is 0 Å². The van der Waals surface area contributed by atoms with E-state index in [0.717, 1.165) is 0 Å². The highest BCUT2D eigenvalue weighted by atomic mass is 16.2. The van der Waals surface area contributed by atoms with Crippen molar-refractivity contribution in [3.63, 3.8) is 0 Å². The van der Waals surface area contributed by atoms with Gasteiger partial charge in [-0.1, -0.05) is 30.3 Å². The van der Waals surface area contributed by atoms with Gasteiger partial charge in [-0.2, -0.15) is 0 Å². The molecule has 0 bridgehead atoms. The molecule has 32 heavy (non-hydrogen) atoms. The first-order chi connectivity index (χ1) is 15.4. The first kappa shape index (κ1) is 21.3. The highest BCUT2D eigenvalue weighted by molar-refractivity contribution is 6.12. The van der Waals surface area contributed by atoms with Crippen molar-refractivity contribution in [1.29, 1.82) is 0 Å². The maximum absolute atomic E-state index is 13.3. The summed E-state index contributed by atoms with van der Waals surface area (Å²) in [5.74, 6) is -1.19. The molecule has 8 heteroatoms. The Kier molecular flexibility index (Phi) is 5.52. The fourth-order valence-electron chi connectivity index (χ4n) is 4.32. The van der Waals surface area contributed by atoms with Crippen molar-refractivity contribution in [2.45, 2.75) is 25.4 Å². The van der Waals surface area contributed by atoms with Gasteiger partial charge in [-0.05, 0) is 37.6 Å². The Balaban J connectivity index is 1.59. The topological polar surface area (TPSA) is 98.8 Å². The van der Waals surface area contributed by atoms with Crippen LogP contribution >= 0.6 is 0 Å². The van der Waals surface area contributed by atoms with Gasteiger partial charge in [0.1, 0.15) is 12.2 Å². The van der Waals surface area contributed by atoms with E-state index in [1.54, 1.807) is 66.4 Å². The van der Waals surface area contributed by atoms with Crippen molar-refractivity contribution in [3.05, 3.63) is 72.3 Å². The number of benzene rings is 2. The number of anilines is 2. The third kappa shape index (κ3) is 3.53. The minimum absolute atomic E-state index is 0.0814. The summed E-state index contributed by atoms with van der Waals surface area (Å²) >= 11 is 0. The molecular weight excluding hydrogens is 408 g/mol. The van der Waals surface area contributed by atoms with Gasteiger partial charge in [-0.15, -0.1) is 6.58 Å². The molecule has 0 radical (unpaired) electrons. The van der Waals surface area contributed by atoms with Crippen molar-refractivity contribution < 1.29 is 19.2 Å². The highest BCUT2D eigenvalue weighted by Crippen LogP contribution is 2.43. The van der Waals surface area contributed by atoms with Crippen LogP contribution in [0.15, 0.2) is 61.2 Å². The maximum Gasteiger partial charge on any atom is 0.258 e. The van der Waals surface area contributed by atoms with E-state index in [0.29, 0.717) is 41.9 Å². The Morgan fingerprint density at radius 2 is 1.84 bits per heavy atom. The molecule has 1 atom stereocenters.